The van der Waals surface area contributed by atoms with Crippen molar-refractivity contribution in [3.8, 4) is 0 Å². The lowest BCUT2D eigenvalue weighted by Gasteiger charge is -2.34. The molecule has 0 N–H and O–H groups in total. The van der Waals surface area contributed by atoms with E-state index in [9.17, 15) is 0 Å². The molecule has 56 valence electrons. The molecule has 0 amide bonds. The molecule has 0 saturated carbocycles. The molecule has 0 atom stereocenters. The molecule has 0 aliphatic carbocycles. The fourth-order valence-corrected chi connectivity index (χ4v) is 1.48. The molecule has 0 radical (unpaired) electrons. The minimum absolute atomic E-state index is 0.840. The van der Waals surface area contributed by atoms with Crippen LogP contribution in [0.25, 0.3) is 6.08 Å². The molecule has 0 unspecified atom stereocenters. The highest BCUT2D eigenvalue weighted by Gasteiger charge is 2.01. The maximum Gasteiger partial charge on any atom is 0.0218 e. The zero-order valence-electron chi connectivity index (χ0n) is 6.03. The van der Waals surface area contributed by atoms with E-state index in [0.717, 1.165) is 12.2 Å². The second-order valence-corrected chi connectivity index (χ2v) is 2.96. The van der Waals surface area contributed by atoms with E-state index < -0.39 is 0 Å². The number of anilines is 1. The molecule has 2 rings (SSSR count). The van der Waals surface area contributed by atoms with E-state index in [0.29, 0.717) is 0 Å². The molecule has 0 saturated heterocycles. The zero-order valence-corrected chi connectivity index (χ0v) is 6.84. The summed E-state index contributed by atoms with van der Waals surface area (Å²) in [6, 6.07) is 8.16. The lowest BCUT2D eigenvalue weighted by molar-refractivity contribution is 1.20. The van der Waals surface area contributed by atoms with Crippen molar-refractivity contribution >= 4 is 24.6 Å². The number of para-hydroxylation sites is 1. The maximum atomic E-state index is 5.13. The Morgan fingerprint density at radius 1 is 1.27 bits per heavy atom. The van der Waals surface area contributed by atoms with Gasteiger partial charge >= 0.3 is 0 Å². The highest BCUT2D eigenvalue weighted by Crippen LogP contribution is 2.23. The smallest absolute Gasteiger partial charge is 0.0218 e. The Kier molecular flexibility index (Phi) is 1.62. The Bertz CT molecular complexity index is 293. The van der Waals surface area contributed by atoms with Crippen LogP contribution in [-0.4, -0.2) is 6.54 Å². The minimum Gasteiger partial charge on any atom is -0.667 e. The molecule has 0 fully saturated rings. The van der Waals surface area contributed by atoms with Gasteiger partial charge in [0, 0.05) is 12.2 Å². The van der Waals surface area contributed by atoms with Crippen LogP contribution in [0.1, 0.15) is 5.56 Å². The molecule has 1 aliphatic heterocycles. The number of rotatable bonds is 0. The van der Waals surface area contributed by atoms with Crippen LogP contribution in [-0.2, 0) is 12.8 Å². The van der Waals surface area contributed by atoms with Gasteiger partial charge < -0.3 is 17.1 Å². The summed E-state index contributed by atoms with van der Waals surface area (Å²) in [5.74, 6) is 0. The Labute approximate surface area is 71.9 Å². The number of nitrogens with zero attached hydrogens (tertiary/aromatic N) is 1. The first-order valence-corrected chi connectivity index (χ1v) is 3.95. The molecule has 1 aromatic rings. The summed E-state index contributed by atoms with van der Waals surface area (Å²) in [5, 5.41) is 0. The van der Waals surface area contributed by atoms with Crippen LogP contribution in [0.4, 0.5) is 5.69 Å². The van der Waals surface area contributed by atoms with Gasteiger partial charge in [-0.2, -0.15) is 0 Å². The molecule has 0 aromatic heterocycles. The molecule has 1 nitrogen and oxygen atoms in total. The lowest BCUT2D eigenvalue weighted by atomic mass is 10.1. The average molecular weight is 162 g/mol. The van der Waals surface area contributed by atoms with Crippen LogP contribution in [0, 0.1) is 0 Å². The Balaban J connectivity index is 2.54. The number of fused-ring (bicyclic) bond motifs is 1. The SMILES string of the molecule is [S-]N1CC=Cc2ccccc21. The molecular weight excluding hydrogens is 154 g/mol. The van der Waals surface area contributed by atoms with E-state index in [2.05, 4.69) is 18.2 Å². The van der Waals surface area contributed by atoms with Gasteiger partial charge in [0.15, 0.2) is 0 Å². The van der Waals surface area contributed by atoms with Crippen LogP contribution in [0.15, 0.2) is 30.3 Å². The van der Waals surface area contributed by atoms with Crippen LogP contribution >= 0.6 is 0 Å². The molecule has 1 aromatic carbocycles. The summed E-state index contributed by atoms with van der Waals surface area (Å²) >= 11 is 5.13. The number of hydrogen-bond acceptors (Lipinski definition) is 2. The van der Waals surface area contributed by atoms with Crippen molar-refractivity contribution in [2.24, 2.45) is 0 Å². The maximum absolute atomic E-state index is 5.13. The third-order valence-corrected chi connectivity index (χ3v) is 2.12. The van der Waals surface area contributed by atoms with Crippen molar-refractivity contribution in [3.63, 3.8) is 0 Å². The van der Waals surface area contributed by atoms with Gasteiger partial charge in [0.25, 0.3) is 0 Å². The van der Waals surface area contributed by atoms with Crippen LogP contribution in [0.3, 0.4) is 0 Å². The van der Waals surface area contributed by atoms with Crippen molar-refractivity contribution in [2.45, 2.75) is 0 Å². The van der Waals surface area contributed by atoms with Crippen molar-refractivity contribution in [3.05, 3.63) is 35.9 Å². The molecule has 2 heteroatoms. The van der Waals surface area contributed by atoms with E-state index in [4.69, 9.17) is 12.8 Å². The second kappa shape index (κ2) is 2.62. The zero-order chi connectivity index (χ0) is 7.68. The van der Waals surface area contributed by atoms with Crippen LogP contribution in [0.2, 0.25) is 0 Å². The quantitative estimate of drug-likeness (QED) is 0.537. The fourth-order valence-electron chi connectivity index (χ4n) is 1.23. The summed E-state index contributed by atoms with van der Waals surface area (Å²) in [5.41, 5.74) is 2.36. The molecular formula is C9H8NS-. The van der Waals surface area contributed by atoms with Gasteiger partial charge in [-0.15, -0.1) is 0 Å². The Hall–Kier alpha value is -0.890. The van der Waals surface area contributed by atoms with Crippen molar-refractivity contribution in [1.82, 2.24) is 0 Å². The van der Waals surface area contributed by atoms with E-state index >= 15 is 0 Å². The van der Waals surface area contributed by atoms with Gasteiger partial charge in [0.1, 0.15) is 0 Å². The van der Waals surface area contributed by atoms with Crippen molar-refractivity contribution < 1.29 is 0 Å². The standard InChI is InChI=1S/C9H8NS/c11-10-7-3-5-8-4-1-2-6-9(8)10/h1-6H,7H2/q-1. The number of benzene rings is 1. The predicted molar refractivity (Wildman–Crippen MR) is 50.2 cm³/mol. The largest absolute Gasteiger partial charge is 0.667 e. The van der Waals surface area contributed by atoms with Gasteiger partial charge in [0.05, 0.1) is 0 Å². The van der Waals surface area contributed by atoms with Gasteiger partial charge in [0.2, 0.25) is 0 Å². The van der Waals surface area contributed by atoms with Gasteiger partial charge in [-0.1, -0.05) is 30.4 Å². The average Bonchev–Trinajstić information content (AvgIpc) is 2.06. The summed E-state index contributed by atoms with van der Waals surface area (Å²) in [4.78, 5) is 0. The third-order valence-electron chi connectivity index (χ3n) is 1.77. The van der Waals surface area contributed by atoms with Crippen LogP contribution in [0.5, 0.6) is 0 Å². The van der Waals surface area contributed by atoms with E-state index in [1.165, 1.54) is 5.56 Å². The first kappa shape index (κ1) is 6.80. The number of hydrogen-bond donors (Lipinski definition) is 0. The van der Waals surface area contributed by atoms with Crippen LogP contribution < -0.4 is 4.31 Å². The van der Waals surface area contributed by atoms with E-state index in [1.54, 1.807) is 0 Å². The van der Waals surface area contributed by atoms with Gasteiger partial charge in [-0.25, -0.2) is 0 Å². The molecule has 1 aliphatic rings. The summed E-state index contributed by atoms with van der Waals surface area (Å²) < 4.78 is 1.83. The molecule has 0 bridgehead atoms. The highest BCUT2D eigenvalue weighted by molar-refractivity contribution is 7.60. The molecule has 1 heterocycles. The fraction of sp³-hybridized carbons (Fsp3) is 0.111. The first-order chi connectivity index (χ1) is 5.38. The van der Waals surface area contributed by atoms with Gasteiger partial charge in [-0.05, 0) is 11.6 Å². The summed E-state index contributed by atoms with van der Waals surface area (Å²) in [6.07, 6.45) is 4.19. The molecule has 11 heavy (non-hydrogen) atoms. The first-order valence-electron chi connectivity index (χ1n) is 3.58. The normalized spacial score (nSPS) is 14.8. The highest BCUT2D eigenvalue weighted by atomic mass is 32.1. The third kappa shape index (κ3) is 1.14. The second-order valence-electron chi connectivity index (χ2n) is 2.52. The minimum atomic E-state index is 0.840. The van der Waals surface area contributed by atoms with Gasteiger partial charge in [-0.3, -0.25) is 0 Å². The van der Waals surface area contributed by atoms with Crippen molar-refractivity contribution in [1.29, 1.82) is 0 Å². The summed E-state index contributed by atoms with van der Waals surface area (Å²) in [6.45, 7) is 0.840. The monoisotopic (exact) mass is 162 g/mol. The topological polar surface area (TPSA) is 3.24 Å². The van der Waals surface area contributed by atoms with E-state index in [1.807, 2.05) is 22.5 Å². The Morgan fingerprint density at radius 2 is 2.09 bits per heavy atom. The molecule has 0 spiro atoms. The lowest BCUT2D eigenvalue weighted by Crippen LogP contribution is -2.17. The van der Waals surface area contributed by atoms with E-state index in [-0.39, 0.29) is 0 Å². The van der Waals surface area contributed by atoms with Crippen molar-refractivity contribution in [2.75, 3.05) is 10.8 Å². The predicted octanol–water partition coefficient (Wildman–Crippen LogP) is 1.98. The summed E-state index contributed by atoms with van der Waals surface area (Å²) in [7, 11) is 0. The Morgan fingerprint density at radius 3 is 2.91 bits per heavy atom.